The average Bonchev–Trinajstić information content (AvgIpc) is 3.77. The third kappa shape index (κ3) is 4.56. The highest BCUT2D eigenvalue weighted by molar-refractivity contribution is 6.23. The second-order valence-electron chi connectivity index (χ2n) is 13.4. The summed E-state index contributed by atoms with van der Waals surface area (Å²) in [5, 5.41) is 12.6. The summed E-state index contributed by atoms with van der Waals surface area (Å²) < 4.78 is 12.9. The molecule has 1 atom stereocenters. The Hall–Kier alpha value is -6.98. The molecular weight excluding hydrogens is 639 g/mol. The van der Waals surface area contributed by atoms with Crippen molar-refractivity contribution in [1.29, 1.82) is 0 Å². The molecule has 0 fully saturated rings. The Labute approximate surface area is 298 Å². The summed E-state index contributed by atoms with van der Waals surface area (Å²) in [7, 11) is 0. The quantitative estimate of drug-likeness (QED) is 0.203. The number of hydrogen-bond donors (Lipinski definition) is 1. The minimum absolute atomic E-state index is 0.334. The van der Waals surface area contributed by atoms with Crippen molar-refractivity contribution in [2.45, 2.75) is 6.17 Å². The smallest absolute Gasteiger partial charge is 0.160 e. The number of nitrogens with zero attached hydrogens (tertiary/aromatic N) is 2. The number of amidine groups is 2. The van der Waals surface area contributed by atoms with Gasteiger partial charge in [0, 0.05) is 32.7 Å². The topological polar surface area (TPSA) is 63.0 Å². The van der Waals surface area contributed by atoms with Crippen molar-refractivity contribution in [3.63, 3.8) is 0 Å². The van der Waals surface area contributed by atoms with Crippen LogP contribution in [0.25, 0.3) is 76.5 Å². The Bertz CT molecular complexity index is 3110. The summed E-state index contributed by atoms with van der Waals surface area (Å²) in [5.74, 6) is 1.43. The molecule has 1 aliphatic heterocycles. The maximum Gasteiger partial charge on any atom is 0.160 e. The molecule has 1 unspecified atom stereocenters. The van der Waals surface area contributed by atoms with Crippen molar-refractivity contribution in [2.75, 3.05) is 0 Å². The number of rotatable bonds is 4. The number of hydrogen-bond acceptors (Lipinski definition) is 5. The molecule has 1 N–H and O–H groups in total. The fraction of sp³-hybridized carbons (Fsp3) is 0.0213. The molecule has 0 saturated heterocycles. The first-order valence-electron chi connectivity index (χ1n) is 17.5. The van der Waals surface area contributed by atoms with Gasteiger partial charge < -0.3 is 14.2 Å². The Morgan fingerprint density at radius 2 is 1.10 bits per heavy atom. The van der Waals surface area contributed by atoms with Crippen LogP contribution in [0.2, 0.25) is 0 Å². The van der Waals surface area contributed by atoms with Crippen molar-refractivity contribution in [3.05, 3.63) is 180 Å². The average molecular weight is 668 g/mol. The molecule has 2 aromatic heterocycles. The molecule has 244 valence electrons. The highest BCUT2D eigenvalue weighted by Gasteiger charge is 2.24. The van der Waals surface area contributed by atoms with Crippen LogP contribution in [0.4, 0.5) is 0 Å². The van der Waals surface area contributed by atoms with Gasteiger partial charge in [-0.05, 0) is 80.7 Å². The van der Waals surface area contributed by atoms with Crippen LogP contribution in [0.5, 0.6) is 0 Å². The van der Waals surface area contributed by atoms with Crippen LogP contribution >= 0.6 is 0 Å². The molecule has 11 rings (SSSR count). The Kier molecular flexibility index (Phi) is 6.25. The summed E-state index contributed by atoms with van der Waals surface area (Å²) in [6, 6.07) is 56.9. The van der Waals surface area contributed by atoms with Gasteiger partial charge in [-0.15, -0.1) is 0 Å². The lowest BCUT2D eigenvalue weighted by Gasteiger charge is -2.24. The minimum atomic E-state index is -0.334. The van der Waals surface area contributed by atoms with Gasteiger partial charge >= 0.3 is 0 Å². The van der Waals surface area contributed by atoms with Crippen molar-refractivity contribution in [2.24, 2.45) is 9.98 Å². The summed E-state index contributed by atoms with van der Waals surface area (Å²) >= 11 is 0. The van der Waals surface area contributed by atoms with Crippen LogP contribution < -0.4 is 5.32 Å². The van der Waals surface area contributed by atoms with E-state index in [-0.39, 0.29) is 6.17 Å². The lowest BCUT2D eigenvalue weighted by Crippen LogP contribution is -2.33. The second-order valence-corrected chi connectivity index (χ2v) is 13.4. The molecule has 52 heavy (non-hydrogen) atoms. The van der Waals surface area contributed by atoms with Crippen molar-refractivity contribution in [3.8, 4) is 11.1 Å². The van der Waals surface area contributed by atoms with E-state index in [4.69, 9.17) is 18.8 Å². The number of aliphatic imine (C=N–C) groups is 2. The van der Waals surface area contributed by atoms with Gasteiger partial charge in [-0.1, -0.05) is 121 Å². The maximum atomic E-state index is 6.50. The first kappa shape index (κ1) is 28.8. The number of furan rings is 2. The van der Waals surface area contributed by atoms with E-state index in [1.165, 1.54) is 16.2 Å². The zero-order valence-electron chi connectivity index (χ0n) is 27.9. The zero-order valence-corrected chi connectivity index (χ0v) is 27.9. The van der Waals surface area contributed by atoms with E-state index < -0.39 is 0 Å². The van der Waals surface area contributed by atoms with E-state index in [0.717, 1.165) is 82.9 Å². The fourth-order valence-corrected chi connectivity index (χ4v) is 7.79. The molecule has 0 bridgehead atoms. The van der Waals surface area contributed by atoms with Gasteiger partial charge in [-0.2, -0.15) is 0 Å². The molecule has 0 amide bonds. The zero-order chi connectivity index (χ0) is 34.2. The summed E-state index contributed by atoms with van der Waals surface area (Å²) in [6.45, 7) is 0. The van der Waals surface area contributed by atoms with Gasteiger partial charge in [0.05, 0.1) is 0 Å². The SMILES string of the molecule is c1ccc(C2=NC(c3cccc4oc5ccc(-c6cccc7oc8cc9ccccc9cc8c67)cc5c34)=NC(c3ccc4ccccc4c3)N2)cc1. The molecule has 0 saturated carbocycles. The van der Waals surface area contributed by atoms with Crippen LogP contribution in [-0.2, 0) is 0 Å². The lowest BCUT2D eigenvalue weighted by atomic mass is 9.96. The van der Waals surface area contributed by atoms with Gasteiger partial charge in [0.25, 0.3) is 0 Å². The fourth-order valence-electron chi connectivity index (χ4n) is 7.79. The number of nitrogens with one attached hydrogen (secondary N) is 1. The molecule has 0 aliphatic carbocycles. The highest BCUT2D eigenvalue weighted by atomic mass is 16.3. The van der Waals surface area contributed by atoms with E-state index in [1.54, 1.807) is 0 Å². The number of benzene rings is 8. The Morgan fingerprint density at radius 1 is 0.442 bits per heavy atom. The Morgan fingerprint density at radius 3 is 1.90 bits per heavy atom. The molecule has 8 aromatic carbocycles. The minimum Gasteiger partial charge on any atom is -0.456 e. The predicted molar refractivity (Wildman–Crippen MR) is 213 cm³/mol. The third-order valence-electron chi connectivity index (χ3n) is 10.3. The largest absolute Gasteiger partial charge is 0.456 e. The summed E-state index contributed by atoms with van der Waals surface area (Å²) in [5.41, 5.74) is 8.55. The standard InChI is InChI=1S/C47H29N3O2/c1-2-11-29(12-3-1)45-48-46(34-21-20-28-10-4-5-13-30(28)24-34)50-47(49-45)36-17-9-19-41-44(36)37-26-33(22-23-39(37)51-41)35-16-8-18-40-43(35)38-25-31-14-6-7-15-32(31)27-42(38)52-40/h1-27,46H,(H,48,49,50). The molecular formula is C47H29N3O2. The van der Waals surface area contributed by atoms with E-state index in [9.17, 15) is 0 Å². The molecule has 5 nitrogen and oxygen atoms in total. The lowest BCUT2D eigenvalue weighted by molar-refractivity contribution is 0.668. The first-order chi connectivity index (χ1) is 25.7. The summed E-state index contributed by atoms with van der Waals surface area (Å²) in [6.07, 6.45) is -0.334. The van der Waals surface area contributed by atoms with E-state index in [2.05, 4.69) is 139 Å². The monoisotopic (exact) mass is 667 g/mol. The van der Waals surface area contributed by atoms with Gasteiger partial charge in [-0.25, -0.2) is 9.98 Å². The molecule has 5 heteroatoms. The number of fused-ring (bicyclic) bond motifs is 8. The highest BCUT2D eigenvalue weighted by Crippen LogP contribution is 2.41. The van der Waals surface area contributed by atoms with E-state index in [0.29, 0.717) is 5.84 Å². The van der Waals surface area contributed by atoms with E-state index >= 15 is 0 Å². The van der Waals surface area contributed by atoms with Gasteiger partial charge in [0.2, 0.25) is 0 Å². The first-order valence-corrected chi connectivity index (χ1v) is 17.5. The van der Waals surface area contributed by atoms with E-state index in [1.807, 2.05) is 30.3 Å². The molecule has 0 spiro atoms. The van der Waals surface area contributed by atoms with Crippen LogP contribution in [0.1, 0.15) is 22.9 Å². The molecule has 1 aliphatic rings. The second kappa shape index (κ2) is 11.3. The van der Waals surface area contributed by atoms with Crippen molar-refractivity contribution >= 4 is 77.1 Å². The van der Waals surface area contributed by atoms with Gasteiger partial charge in [0.1, 0.15) is 34.3 Å². The van der Waals surface area contributed by atoms with Crippen molar-refractivity contribution < 1.29 is 8.83 Å². The molecule has 3 heterocycles. The van der Waals surface area contributed by atoms with Gasteiger partial charge in [0.15, 0.2) is 5.84 Å². The Balaban J connectivity index is 1.11. The maximum absolute atomic E-state index is 6.50. The van der Waals surface area contributed by atoms with Crippen LogP contribution in [0, 0.1) is 0 Å². The molecule has 0 radical (unpaired) electrons. The van der Waals surface area contributed by atoms with Crippen LogP contribution in [0.15, 0.2) is 183 Å². The third-order valence-corrected chi connectivity index (χ3v) is 10.3. The van der Waals surface area contributed by atoms with Crippen molar-refractivity contribution in [1.82, 2.24) is 5.32 Å². The summed E-state index contributed by atoms with van der Waals surface area (Å²) in [4.78, 5) is 10.5. The predicted octanol–water partition coefficient (Wildman–Crippen LogP) is 12.0. The van der Waals surface area contributed by atoms with Crippen LogP contribution in [0.3, 0.4) is 0 Å². The normalized spacial score (nSPS) is 14.7. The molecule has 10 aromatic rings. The van der Waals surface area contributed by atoms with Gasteiger partial charge in [-0.3, -0.25) is 0 Å². The van der Waals surface area contributed by atoms with Crippen LogP contribution in [-0.4, -0.2) is 11.7 Å².